The normalized spacial score (nSPS) is 14.2. The standard InChI is InChI=1S/C8H9BrN2.2C2HF3O2/c9-7-1-2-8(11-5-7)6-3-10-4-6;2*3-2(4,5)1(6)7/h1-2,5-6,10H,3-4H2;2*(H,6,7). The number of rotatable bonds is 1. The largest absolute Gasteiger partial charge is 0.490 e. The summed E-state index contributed by atoms with van der Waals surface area (Å²) in [5, 5.41) is 17.5. The maximum atomic E-state index is 10.6. The van der Waals surface area contributed by atoms with Crippen LogP contribution in [0.1, 0.15) is 11.6 Å². The number of aliphatic carboxylic acids is 2. The second-order valence-electron chi connectivity index (χ2n) is 4.36. The molecule has 13 heteroatoms. The number of carboxylic acid groups (broad SMARTS) is 2. The summed E-state index contributed by atoms with van der Waals surface area (Å²) < 4.78 is 64.5. The van der Waals surface area contributed by atoms with Crippen LogP contribution in [0.2, 0.25) is 0 Å². The van der Waals surface area contributed by atoms with Crippen LogP contribution >= 0.6 is 15.9 Å². The smallest absolute Gasteiger partial charge is 0.475 e. The lowest BCUT2D eigenvalue weighted by molar-refractivity contribution is -0.193. The molecule has 0 bridgehead atoms. The van der Waals surface area contributed by atoms with Gasteiger partial charge < -0.3 is 15.5 Å². The molecule has 1 aliphatic heterocycles. The van der Waals surface area contributed by atoms with Crippen molar-refractivity contribution in [3.8, 4) is 0 Å². The molecule has 6 nitrogen and oxygen atoms in total. The zero-order valence-corrected chi connectivity index (χ0v) is 13.6. The first-order chi connectivity index (χ1) is 11.2. The van der Waals surface area contributed by atoms with Crippen LogP contribution in [0.3, 0.4) is 0 Å². The lowest BCUT2D eigenvalue weighted by Crippen LogP contribution is -2.40. The molecule has 2 heterocycles. The molecule has 1 saturated heterocycles. The van der Waals surface area contributed by atoms with E-state index in [4.69, 9.17) is 19.8 Å². The number of carbonyl (C=O) groups is 2. The molecule has 0 saturated carbocycles. The van der Waals surface area contributed by atoms with Gasteiger partial charge in [0, 0.05) is 35.4 Å². The molecule has 25 heavy (non-hydrogen) atoms. The van der Waals surface area contributed by atoms with Gasteiger partial charge >= 0.3 is 24.3 Å². The lowest BCUT2D eigenvalue weighted by Gasteiger charge is -2.26. The third kappa shape index (κ3) is 9.86. The van der Waals surface area contributed by atoms with Crippen molar-refractivity contribution in [3.05, 3.63) is 28.5 Å². The molecule has 1 fully saturated rings. The topological polar surface area (TPSA) is 99.5 Å². The van der Waals surface area contributed by atoms with E-state index in [1.54, 1.807) is 0 Å². The number of halogens is 7. The maximum absolute atomic E-state index is 10.6. The third-order valence-electron chi connectivity index (χ3n) is 2.44. The Morgan fingerprint density at radius 2 is 1.44 bits per heavy atom. The first-order valence-electron chi connectivity index (χ1n) is 6.17. The Morgan fingerprint density at radius 1 is 1.04 bits per heavy atom. The van der Waals surface area contributed by atoms with Crippen LogP contribution in [-0.4, -0.2) is 52.6 Å². The Labute approximate surface area is 145 Å². The van der Waals surface area contributed by atoms with E-state index < -0.39 is 24.3 Å². The van der Waals surface area contributed by atoms with Gasteiger partial charge in [-0.25, -0.2) is 9.59 Å². The highest BCUT2D eigenvalue weighted by molar-refractivity contribution is 9.10. The molecule has 142 valence electrons. The van der Waals surface area contributed by atoms with Gasteiger partial charge in [-0.15, -0.1) is 0 Å². The molecule has 2 rings (SSSR count). The molecule has 0 spiro atoms. The zero-order valence-electron chi connectivity index (χ0n) is 12.0. The molecule has 1 aromatic heterocycles. The molecule has 0 amide bonds. The van der Waals surface area contributed by atoms with Crippen LogP contribution < -0.4 is 5.32 Å². The summed E-state index contributed by atoms with van der Waals surface area (Å²) in [5.41, 5.74) is 1.20. The van der Waals surface area contributed by atoms with E-state index in [0.29, 0.717) is 5.92 Å². The summed E-state index contributed by atoms with van der Waals surface area (Å²) in [6, 6.07) is 4.12. The quantitative estimate of drug-likeness (QED) is 0.580. The van der Waals surface area contributed by atoms with E-state index in [2.05, 4.69) is 32.3 Å². The zero-order chi connectivity index (χ0) is 19.8. The lowest BCUT2D eigenvalue weighted by atomic mass is 9.99. The van der Waals surface area contributed by atoms with Crippen LogP contribution in [0.5, 0.6) is 0 Å². The minimum atomic E-state index is -5.08. The molecule has 1 aliphatic rings. The van der Waals surface area contributed by atoms with Gasteiger partial charge in [-0.1, -0.05) is 0 Å². The van der Waals surface area contributed by atoms with Crippen LogP contribution in [0.15, 0.2) is 22.8 Å². The average Bonchev–Trinajstić information content (AvgIpc) is 2.38. The molecule has 3 N–H and O–H groups in total. The third-order valence-corrected chi connectivity index (χ3v) is 2.90. The van der Waals surface area contributed by atoms with Crippen molar-refractivity contribution in [2.75, 3.05) is 13.1 Å². The molecule has 0 aromatic carbocycles. The van der Waals surface area contributed by atoms with Crippen molar-refractivity contribution < 1.29 is 46.1 Å². The highest BCUT2D eigenvalue weighted by atomic mass is 79.9. The van der Waals surface area contributed by atoms with E-state index in [9.17, 15) is 26.3 Å². The number of aromatic nitrogens is 1. The van der Waals surface area contributed by atoms with Crippen molar-refractivity contribution in [1.82, 2.24) is 10.3 Å². The van der Waals surface area contributed by atoms with Gasteiger partial charge in [0.15, 0.2) is 0 Å². The van der Waals surface area contributed by atoms with Crippen LogP contribution in [0.25, 0.3) is 0 Å². The predicted molar refractivity (Wildman–Crippen MR) is 74.9 cm³/mol. The van der Waals surface area contributed by atoms with Gasteiger partial charge in [0.05, 0.1) is 0 Å². The number of nitrogens with zero attached hydrogens (tertiary/aromatic N) is 1. The van der Waals surface area contributed by atoms with Gasteiger partial charge in [-0.3, -0.25) is 4.98 Å². The van der Waals surface area contributed by atoms with E-state index in [-0.39, 0.29) is 0 Å². The maximum Gasteiger partial charge on any atom is 0.490 e. The second-order valence-corrected chi connectivity index (χ2v) is 5.28. The van der Waals surface area contributed by atoms with Gasteiger partial charge in [-0.05, 0) is 28.1 Å². The minimum Gasteiger partial charge on any atom is -0.475 e. The summed E-state index contributed by atoms with van der Waals surface area (Å²) in [6.07, 6.45) is -8.31. The monoisotopic (exact) mass is 440 g/mol. The summed E-state index contributed by atoms with van der Waals surface area (Å²) in [6.45, 7) is 2.16. The average molecular weight is 441 g/mol. The number of alkyl halides is 6. The summed E-state index contributed by atoms with van der Waals surface area (Å²) in [5.74, 6) is -4.87. The van der Waals surface area contributed by atoms with E-state index in [1.807, 2.05) is 12.3 Å². The Kier molecular flexibility index (Phi) is 8.83. The highest BCUT2D eigenvalue weighted by Crippen LogP contribution is 2.18. The number of nitrogens with one attached hydrogen (secondary N) is 1. The molecular formula is C12H11BrF6N2O4. The summed E-state index contributed by atoms with van der Waals surface area (Å²) in [4.78, 5) is 22.1. The van der Waals surface area contributed by atoms with Gasteiger partial charge in [0.25, 0.3) is 0 Å². The molecular weight excluding hydrogens is 430 g/mol. The SMILES string of the molecule is Brc1ccc(C2CNC2)nc1.O=C(O)C(F)(F)F.O=C(O)C(F)(F)F. The number of hydrogen-bond acceptors (Lipinski definition) is 4. The van der Waals surface area contributed by atoms with Crippen LogP contribution in [-0.2, 0) is 9.59 Å². The molecule has 0 atom stereocenters. The van der Waals surface area contributed by atoms with Crippen molar-refractivity contribution >= 4 is 27.9 Å². The van der Waals surface area contributed by atoms with Gasteiger partial charge in [0.1, 0.15) is 0 Å². The number of hydrogen-bond donors (Lipinski definition) is 3. The molecule has 0 unspecified atom stereocenters. The fourth-order valence-electron chi connectivity index (χ4n) is 1.13. The molecule has 0 radical (unpaired) electrons. The first-order valence-corrected chi connectivity index (χ1v) is 6.96. The van der Waals surface area contributed by atoms with E-state index in [1.165, 1.54) is 5.69 Å². The van der Waals surface area contributed by atoms with Crippen molar-refractivity contribution in [1.29, 1.82) is 0 Å². The second kappa shape index (κ2) is 9.56. The molecule has 0 aliphatic carbocycles. The minimum absolute atomic E-state index is 0.642. The van der Waals surface area contributed by atoms with E-state index in [0.717, 1.165) is 17.6 Å². The highest BCUT2D eigenvalue weighted by Gasteiger charge is 2.38. The van der Waals surface area contributed by atoms with Crippen molar-refractivity contribution in [3.63, 3.8) is 0 Å². The Balaban J connectivity index is 0.000000366. The Bertz CT molecular complexity index is 548. The predicted octanol–water partition coefficient (Wildman–Crippen LogP) is 2.80. The van der Waals surface area contributed by atoms with Gasteiger partial charge in [-0.2, -0.15) is 26.3 Å². The van der Waals surface area contributed by atoms with Crippen molar-refractivity contribution in [2.45, 2.75) is 18.3 Å². The summed E-state index contributed by atoms with van der Waals surface area (Å²) >= 11 is 3.36. The van der Waals surface area contributed by atoms with Crippen LogP contribution in [0.4, 0.5) is 26.3 Å². The summed E-state index contributed by atoms with van der Waals surface area (Å²) in [7, 11) is 0. The fraction of sp³-hybridized carbons (Fsp3) is 0.417. The van der Waals surface area contributed by atoms with Crippen molar-refractivity contribution in [2.24, 2.45) is 0 Å². The Hall–Kier alpha value is -1.89. The van der Waals surface area contributed by atoms with E-state index >= 15 is 0 Å². The molecule has 1 aromatic rings. The first kappa shape index (κ1) is 23.1. The number of carboxylic acids is 2. The van der Waals surface area contributed by atoms with Crippen LogP contribution in [0, 0.1) is 0 Å². The fourth-order valence-corrected chi connectivity index (χ4v) is 1.36. The Morgan fingerprint density at radius 3 is 1.64 bits per heavy atom. The van der Waals surface area contributed by atoms with Gasteiger partial charge in [0.2, 0.25) is 0 Å². The number of pyridine rings is 1.